The molecular formula is C11H11N3O3. The number of hydrogen-bond donors (Lipinski definition) is 3. The molecule has 0 aliphatic rings. The highest BCUT2D eigenvalue weighted by Gasteiger charge is 2.08. The van der Waals surface area contributed by atoms with Crippen LogP contribution in [0.25, 0.3) is 0 Å². The number of aromatic nitrogens is 1. The van der Waals surface area contributed by atoms with Gasteiger partial charge in [-0.1, -0.05) is 0 Å². The second-order valence-electron chi connectivity index (χ2n) is 3.42. The molecule has 0 aliphatic carbocycles. The van der Waals surface area contributed by atoms with Gasteiger partial charge >= 0.3 is 5.97 Å². The van der Waals surface area contributed by atoms with Crippen molar-refractivity contribution in [2.24, 2.45) is 0 Å². The predicted octanol–water partition coefficient (Wildman–Crippen LogP) is 1.57. The molecule has 0 saturated heterocycles. The lowest BCUT2D eigenvalue weighted by Crippen LogP contribution is -2.08. The maximum Gasteiger partial charge on any atom is 0.354 e. The first kappa shape index (κ1) is 11.0. The second kappa shape index (κ2) is 4.56. The molecule has 0 unspecified atom stereocenters. The second-order valence-corrected chi connectivity index (χ2v) is 3.42. The Bertz CT molecular complexity index is 523. The molecule has 2 rings (SSSR count). The first-order valence-electron chi connectivity index (χ1n) is 4.91. The van der Waals surface area contributed by atoms with Gasteiger partial charge < -0.3 is 20.6 Å². The van der Waals surface area contributed by atoms with Gasteiger partial charge in [-0.05, 0) is 18.2 Å². The minimum atomic E-state index is -1.09. The maximum atomic E-state index is 10.8. The highest BCUT2D eigenvalue weighted by molar-refractivity contribution is 5.86. The van der Waals surface area contributed by atoms with Crippen LogP contribution >= 0.6 is 0 Å². The summed E-state index contributed by atoms with van der Waals surface area (Å²) in [5, 5.41) is 11.8. The molecule has 0 radical (unpaired) electrons. The molecule has 6 heteroatoms. The Kier molecular flexibility index (Phi) is 2.95. The zero-order chi connectivity index (χ0) is 12.3. The molecule has 0 amide bonds. The topological polar surface area (TPSA) is 101 Å². The van der Waals surface area contributed by atoms with Crippen LogP contribution < -0.4 is 11.1 Å². The van der Waals surface area contributed by atoms with E-state index in [9.17, 15) is 4.79 Å². The van der Waals surface area contributed by atoms with Crippen LogP contribution in [0.5, 0.6) is 0 Å². The maximum absolute atomic E-state index is 10.8. The Labute approximate surface area is 97.1 Å². The number of pyridine rings is 1. The number of carboxylic acid groups (broad SMARTS) is 1. The summed E-state index contributed by atoms with van der Waals surface area (Å²) >= 11 is 0. The van der Waals surface area contributed by atoms with E-state index in [4.69, 9.17) is 15.3 Å². The monoisotopic (exact) mass is 233 g/mol. The summed E-state index contributed by atoms with van der Waals surface area (Å²) < 4.78 is 4.91. The number of carboxylic acids is 1. The predicted molar refractivity (Wildman–Crippen MR) is 61.6 cm³/mol. The van der Waals surface area contributed by atoms with Crippen molar-refractivity contribution in [3.63, 3.8) is 0 Å². The molecule has 0 bridgehead atoms. The summed E-state index contributed by atoms with van der Waals surface area (Å²) in [6.07, 6.45) is 3.14. The first-order valence-corrected chi connectivity index (χ1v) is 4.91. The molecule has 0 saturated carbocycles. The van der Waals surface area contributed by atoms with Crippen molar-refractivity contribution in [2.45, 2.75) is 6.54 Å². The van der Waals surface area contributed by atoms with Crippen molar-refractivity contribution in [1.29, 1.82) is 0 Å². The SMILES string of the molecule is Nc1ccc(C(=O)O)nc1NCc1ccoc1. The van der Waals surface area contributed by atoms with E-state index >= 15 is 0 Å². The summed E-state index contributed by atoms with van der Waals surface area (Å²) in [5.74, 6) is -0.734. The third-order valence-electron chi connectivity index (χ3n) is 2.19. The number of rotatable bonds is 4. The number of furan rings is 1. The van der Waals surface area contributed by atoms with Crippen LogP contribution in [0.15, 0.2) is 35.1 Å². The molecule has 2 aromatic rings. The fourth-order valence-corrected chi connectivity index (χ4v) is 1.31. The smallest absolute Gasteiger partial charge is 0.354 e. The highest BCUT2D eigenvalue weighted by Crippen LogP contribution is 2.16. The molecule has 0 aliphatic heterocycles. The molecule has 0 spiro atoms. The fraction of sp³-hybridized carbons (Fsp3) is 0.0909. The normalized spacial score (nSPS) is 10.1. The van der Waals surface area contributed by atoms with E-state index in [2.05, 4.69) is 10.3 Å². The summed E-state index contributed by atoms with van der Waals surface area (Å²) in [7, 11) is 0. The van der Waals surface area contributed by atoms with Crippen molar-refractivity contribution in [1.82, 2.24) is 4.98 Å². The number of carbonyl (C=O) groups is 1. The lowest BCUT2D eigenvalue weighted by Gasteiger charge is -2.07. The molecule has 2 aromatic heterocycles. The zero-order valence-corrected chi connectivity index (χ0v) is 8.88. The number of nitrogens with one attached hydrogen (secondary N) is 1. The van der Waals surface area contributed by atoms with E-state index < -0.39 is 5.97 Å². The third-order valence-corrected chi connectivity index (χ3v) is 2.19. The van der Waals surface area contributed by atoms with Crippen molar-refractivity contribution in [3.8, 4) is 0 Å². The van der Waals surface area contributed by atoms with Gasteiger partial charge in [0.15, 0.2) is 5.69 Å². The molecule has 6 nitrogen and oxygen atoms in total. The molecular weight excluding hydrogens is 222 g/mol. The Hall–Kier alpha value is -2.50. The number of aromatic carboxylic acids is 1. The number of nitrogens with zero attached hydrogens (tertiary/aromatic N) is 1. The molecule has 88 valence electrons. The van der Waals surface area contributed by atoms with Crippen molar-refractivity contribution >= 4 is 17.5 Å². The number of hydrogen-bond acceptors (Lipinski definition) is 5. The highest BCUT2D eigenvalue weighted by atomic mass is 16.4. The van der Waals surface area contributed by atoms with Gasteiger partial charge in [-0.25, -0.2) is 9.78 Å². The van der Waals surface area contributed by atoms with Gasteiger partial charge in [-0.15, -0.1) is 0 Å². The van der Waals surface area contributed by atoms with Crippen LogP contribution in [0.3, 0.4) is 0 Å². The van der Waals surface area contributed by atoms with Gasteiger partial charge in [0.25, 0.3) is 0 Å². The lowest BCUT2D eigenvalue weighted by atomic mass is 10.3. The van der Waals surface area contributed by atoms with Gasteiger partial charge in [0.05, 0.1) is 18.2 Å². The Morgan fingerprint density at radius 1 is 1.47 bits per heavy atom. The van der Waals surface area contributed by atoms with Crippen molar-refractivity contribution < 1.29 is 14.3 Å². The number of anilines is 2. The molecule has 4 N–H and O–H groups in total. The molecule has 2 heterocycles. The average molecular weight is 233 g/mol. The van der Waals surface area contributed by atoms with Crippen LogP contribution in [-0.4, -0.2) is 16.1 Å². The summed E-state index contributed by atoms with van der Waals surface area (Å²) in [4.78, 5) is 14.7. The minimum Gasteiger partial charge on any atom is -0.477 e. The van der Waals surface area contributed by atoms with Crippen molar-refractivity contribution in [3.05, 3.63) is 42.0 Å². The van der Waals surface area contributed by atoms with Crippen LogP contribution in [0.1, 0.15) is 16.1 Å². The molecule has 17 heavy (non-hydrogen) atoms. The lowest BCUT2D eigenvalue weighted by molar-refractivity contribution is 0.0690. The summed E-state index contributed by atoms with van der Waals surface area (Å²) in [6, 6.07) is 4.67. The van der Waals surface area contributed by atoms with E-state index in [-0.39, 0.29) is 5.69 Å². The van der Waals surface area contributed by atoms with E-state index in [0.717, 1.165) is 5.56 Å². The molecule has 0 aromatic carbocycles. The Morgan fingerprint density at radius 2 is 2.29 bits per heavy atom. The van der Waals surface area contributed by atoms with Gasteiger partial charge in [0.2, 0.25) is 0 Å². The Morgan fingerprint density at radius 3 is 2.94 bits per heavy atom. The van der Waals surface area contributed by atoms with E-state index in [1.807, 2.05) is 0 Å². The summed E-state index contributed by atoms with van der Waals surface area (Å²) in [5.41, 5.74) is 6.96. The zero-order valence-electron chi connectivity index (χ0n) is 8.88. The fourth-order valence-electron chi connectivity index (χ4n) is 1.31. The van der Waals surface area contributed by atoms with Crippen LogP contribution in [-0.2, 0) is 6.54 Å². The summed E-state index contributed by atoms with van der Waals surface area (Å²) in [6.45, 7) is 0.469. The van der Waals surface area contributed by atoms with Gasteiger partial charge in [-0.2, -0.15) is 0 Å². The van der Waals surface area contributed by atoms with E-state index in [1.165, 1.54) is 12.1 Å². The Balaban J connectivity index is 2.14. The van der Waals surface area contributed by atoms with Crippen LogP contribution in [0.2, 0.25) is 0 Å². The quantitative estimate of drug-likeness (QED) is 0.740. The first-order chi connectivity index (χ1) is 8.16. The van der Waals surface area contributed by atoms with Gasteiger partial charge in [-0.3, -0.25) is 0 Å². The van der Waals surface area contributed by atoms with E-state index in [0.29, 0.717) is 18.1 Å². The number of nitrogens with two attached hydrogens (primary N) is 1. The van der Waals surface area contributed by atoms with Crippen LogP contribution in [0, 0.1) is 0 Å². The van der Waals surface area contributed by atoms with Crippen LogP contribution in [0.4, 0.5) is 11.5 Å². The average Bonchev–Trinajstić information content (AvgIpc) is 2.80. The van der Waals surface area contributed by atoms with Gasteiger partial charge in [0.1, 0.15) is 5.82 Å². The number of nitrogen functional groups attached to an aromatic ring is 1. The molecule has 0 fully saturated rings. The third kappa shape index (κ3) is 2.54. The van der Waals surface area contributed by atoms with Gasteiger partial charge in [0, 0.05) is 12.1 Å². The molecule has 0 atom stereocenters. The standard InChI is InChI=1S/C11H11N3O3/c12-8-1-2-9(11(15)16)14-10(8)13-5-7-3-4-17-6-7/h1-4,6H,5,12H2,(H,13,14)(H,15,16). The van der Waals surface area contributed by atoms with E-state index in [1.54, 1.807) is 18.6 Å². The largest absolute Gasteiger partial charge is 0.477 e. The minimum absolute atomic E-state index is 0.0473. The van der Waals surface area contributed by atoms with Crippen molar-refractivity contribution in [2.75, 3.05) is 11.1 Å².